The van der Waals surface area contributed by atoms with Crippen molar-refractivity contribution >= 4 is 5.91 Å². The van der Waals surface area contributed by atoms with Crippen LogP contribution in [0.1, 0.15) is 22.0 Å². The van der Waals surface area contributed by atoms with E-state index in [0.717, 1.165) is 6.07 Å². The zero-order valence-electron chi connectivity index (χ0n) is 12.1. The lowest BCUT2D eigenvalue weighted by atomic mass is 10.1. The Hall–Kier alpha value is -2.54. The average molecular weight is 325 g/mol. The second-order valence-corrected chi connectivity index (χ2v) is 4.72. The van der Waals surface area contributed by atoms with E-state index in [2.05, 4.69) is 5.32 Å². The van der Waals surface area contributed by atoms with Gasteiger partial charge in [0.2, 0.25) is 0 Å². The van der Waals surface area contributed by atoms with E-state index < -0.39 is 35.0 Å². The van der Waals surface area contributed by atoms with E-state index in [1.54, 1.807) is 24.3 Å². The summed E-state index contributed by atoms with van der Waals surface area (Å²) >= 11 is 0. The summed E-state index contributed by atoms with van der Waals surface area (Å²) in [5, 5.41) is 12.2. The molecular formula is C16H14F3NO3. The summed E-state index contributed by atoms with van der Waals surface area (Å²) in [7, 11) is 1.50. The molecule has 122 valence electrons. The number of nitrogens with one attached hydrogen (secondary N) is 1. The molecule has 0 aliphatic carbocycles. The number of aliphatic hydroxyl groups excluding tert-OH is 1. The van der Waals surface area contributed by atoms with E-state index >= 15 is 0 Å². The third-order valence-electron chi connectivity index (χ3n) is 3.24. The Morgan fingerprint density at radius 3 is 2.39 bits per heavy atom. The van der Waals surface area contributed by atoms with Gasteiger partial charge in [-0.15, -0.1) is 0 Å². The van der Waals surface area contributed by atoms with Gasteiger partial charge in [-0.05, 0) is 29.8 Å². The smallest absolute Gasteiger partial charge is 0.254 e. The first kappa shape index (κ1) is 16.8. The minimum Gasteiger partial charge on any atom is -0.497 e. The first-order valence-electron chi connectivity index (χ1n) is 6.67. The molecule has 0 heterocycles. The van der Waals surface area contributed by atoms with E-state index in [0.29, 0.717) is 17.4 Å². The molecule has 7 heteroatoms. The van der Waals surface area contributed by atoms with Crippen molar-refractivity contribution in [3.05, 3.63) is 65.0 Å². The number of carbonyl (C=O) groups is 1. The second kappa shape index (κ2) is 7.15. The predicted octanol–water partition coefficient (Wildman–Crippen LogP) is 2.58. The molecule has 2 aromatic rings. The highest BCUT2D eigenvalue weighted by Gasteiger charge is 2.19. The quantitative estimate of drug-likeness (QED) is 0.831. The normalized spacial score (nSPS) is 11.9. The van der Waals surface area contributed by atoms with Crippen molar-refractivity contribution < 1.29 is 27.8 Å². The molecule has 0 aromatic heterocycles. The zero-order chi connectivity index (χ0) is 17.0. The van der Waals surface area contributed by atoms with Gasteiger partial charge < -0.3 is 15.2 Å². The summed E-state index contributed by atoms with van der Waals surface area (Å²) in [5.74, 6) is -5.00. The third kappa shape index (κ3) is 3.81. The Kier molecular flexibility index (Phi) is 5.23. The first-order valence-corrected chi connectivity index (χ1v) is 6.67. The van der Waals surface area contributed by atoms with Crippen LogP contribution in [0.3, 0.4) is 0 Å². The molecule has 0 saturated heterocycles. The Labute approximate surface area is 130 Å². The largest absolute Gasteiger partial charge is 0.497 e. The number of aliphatic hydroxyl groups is 1. The Bertz CT molecular complexity index is 704. The number of carbonyl (C=O) groups excluding carboxylic acids is 1. The lowest BCUT2D eigenvalue weighted by Crippen LogP contribution is -2.29. The van der Waals surface area contributed by atoms with Crippen LogP contribution in [-0.2, 0) is 0 Å². The van der Waals surface area contributed by atoms with Gasteiger partial charge in [0, 0.05) is 6.54 Å². The van der Waals surface area contributed by atoms with Crippen LogP contribution in [-0.4, -0.2) is 24.7 Å². The van der Waals surface area contributed by atoms with Crippen LogP contribution in [0.4, 0.5) is 13.2 Å². The number of benzene rings is 2. The van der Waals surface area contributed by atoms with Crippen LogP contribution in [0.15, 0.2) is 36.4 Å². The van der Waals surface area contributed by atoms with Crippen molar-refractivity contribution in [2.75, 3.05) is 13.7 Å². The summed E-state index contributed by atoms with van der Waals surface area (Å²) < 4.78 is 44.4. The molecule has 0 radical (unpaired) electrons. The topological polar surface area (TPSA) is 58.6 Å². The van der Waals surface area contributed by atoms with Crippen LogP contribution in [0.25, 0.3) is 0 Å². The Balaban J connectivity index is 2.02. The minimum atomic E-state index is -1.71. The molecule has 0 aliphatic rings. The maximum Gasteiger partial charge on any atom is 0.254 e. The van der Waals surface area contributed by atoms with Crippen LogP contribution in [0.5, 0.6) is 5.75 Å². The number of methoxy groups -OCH3 is 1. The maximum absolute atomic E-state index is 13.5. The van der Waals surface area contributed by atoms with Gasteiger partial charge in [0.1, 0.15) is 5.75 Å². The molecular weight excluding hydrogens is 311 g/mol. The second-order valence-electron chi connectivity index (χ2n) is 4.72. The molecule has 0 bridgehead atoms. The molecule has 1 atom stereocenters. The van der Waals surface area contributed by atoms with Gasteiger partial charge in [-0.25, -0.2) is 13.2 Å². The average Bonchev–Trinajstić information content (AvgIpc) is 2.57. The predicted molar refractivity (Wildman–Crippen MR) is 76.6 cm³/mol. The molecule has 23 heavy (non-hydrogen) atoms. The Morgan fingerprint density at radius 2 is 1.78 bits per heavy atom. The molecule has 4 nitrogen and oxygen atoms in total. The van der Waals surface area contributed by atoms with E-state index in [-0.39, 0.29) is 6.54 Å². The minimum absolute atomic E-state index is 0.219. The fourth-order valence-corrected chi connectivity index (χ4v) is 1.93. The summed E-state index contributed by atoms with van der Waals surface area (Å²) in [4.78, 5) is 11.8. The fourth-order valence-electron chi connectivity index (χ4n) is 1.93. The van der Waals surface area contributed by atoms with Gasteiger partial charge in [0.25, 0.3) is 5.91 Å². The highest BCUT2D eigenvalue weighted by atomic mass is 19.2. The van der Waals surface area contributed by atoms with Crippen LogP contribution >= 0.6 is 0 Å². The summed E-state index contributed by atoms with van der Waals surface area (Å²) in [6.45, 7) is -0.219. The van der Waals surface area contributed by atoms with Crippen molar-refractivity contribution in [2.45, 2.75) is 6.10 Å². The first-order chi connectivity index (χ1) is 10.9. The standard InChI is InChI=1S/C16H14F3NO3/c1-23-10-4-2-9(3-5-10)13(21)8-20-16(22)11-6-7-12(17)15(19)14(11)18/h2-7,13,21H,8H2,1H3,(H,20,22). The van der Waals surface area contributed by atoms with Crippen molar-refractivity contribution in [3.8, 4) is 5.75 Å². The highest BCUT2D eigenvalue weighted by Crippen LogP contribution is 2.18. The number of ether oxygens (including phenoxy) is 1. The lowest BCUT2D eigenvalue weighted by Gasteiger charge is -2.13. The van der Waals surface area contributed by atoms with Gasteiger partial charge in [0.05, 0.1) is 18.8 Å². The lowest BCUT2D eigenvalue weighted by molar-refractivity contribution is 0.0911. The van der Waals surface area contributed by atoms with E-state index in [4.69, 9.17) is 4.74 Å². The molecule has 0 aliphatic heterocycles. The van der Waals surface area contributed by atoms with Crippen LogP contribution < -0.4 is 10.1 Å². The van der Waals surface area contributed by atoms with E-state index in [1.807, 2.05) is 0 Å². The van der Waals surface area contributed by atoms with Gasteiger partial charge in [-0.3, -0.25) is 4.79 Å². The molecule has 1 unspecified atom stereocenters. The van der Waals surface area contributed by atoms with Crippen molar-refractivity contribution in [2.24, 2.45) is 0 Å². The monoisotopic (exact) mass is 325 g/mol. The molecule has 0 spiro atoms. The SMILES string of the molecule is COc1ccc(C(O)CNC(=O)c2ccc(F)c(F)c2F)cc1. The molecule has 2 N–H and O–H groups in total. The number of rotatable bonds is 5. The summed E-state index contributed by atoms with van der Waals surface area (Å²) in [6, 6.07) is 7.97. The summed E-state index contributed by atoms with van der Waals surface area (Å²) in [6.07, 6.45) is -1.04. The third-order valence-corrected chi connectivity index (χ3v) is 3.24. The molecule has 1 amide bonds. The van der Waals surface area contributed by atoms with E-state index in [1.165, 1.54) is 7.11 Å². The molecule has 0 fully saturated rings. The van der Waals surface area contributed by atoms with Crippen LogP contribution in [0, 0.1) is 17.5 Å². The van der Waals surface area contributed by atoms with Gasteiger partial charge in [-0.2, -0.15) is 0 Å². The van der Waals surface area contributed by atoms with Gasteiger partial charge >= 0.3 is 0 Å². The number of amides is 1. The van der Waals surface area contributed by atoms with E-state index in [9.17, 15) is 23.1 Å². The number of hydrogen-bond donors (Lipinski definition) is 2. The number of hydrogen-bond acceptors (Lipinski definition) is 3. The number of halogens is 3. The summed E-state index contributed by atoms with van der Waals surface area (Å²) in [5.41, 5.74) is -0.123. The Morgan fingerprint density at radius 1 is 1.13 bits per heavy atom. The van der Waals surface area contributed by atoms with Crippen LogP contribution in [0.2, 0.25) is 0 Å². The molecule has 0 saturated carbocycles. The fraction of sp³-hybridized carbons (Fsp3) is 0.188. The van der Waals surface area contributed by atoms with Crippen molar-refractivity contribution in [1.29, 1.82) is 0 Å². The van der Waals surface area contributed by atoms with Gasteiger partial charge in [0.15, 0.2) is 17.5 Å². The van der Waals surface area contributed by atoms with Crippen molar-refractivity contribution in [3.63, 3.8) is 0 Å². The van der Waals surface area contributed by atoms with Crippen molar-refractivity contribution in [1.82, 2.24) is 5.32 Å². The molecule has 2 rings (SSSR count). The zero-order valence-corrected chi connectivity index (χ0v) is 12.1. The molecule has 2 aromatic carbocycles. The maximum atomic E-state index is 13.5. The highest BCUT2D eigenvalue weighted by molar-refractivity contribution is 5.94. The van der Waals surface area contributed by atoms with Gasteiger partial charge in [-0.1, -0.05) is 12.1 Å².